The molecule has 0 saturated carbocycles. The smallest absolute Gasteiger partial charge is 0.313 e. The second kappa shape index (κ2) is 4.98. The van der Waals surface area contributed by atoms with Crippen molar-refractivity contribution in [2.75, 3.05) is 7.11 Å². The molecule has 4 heteroatoms. The summed E-state index contributed by atoms with van der Waals surface area (Å²) in [5.74, 6) is -0.368. The van der Waals surface area contributed by atoms with Gasteiger partial charge in [0.25, 0.3) is 0 Å². The summed E-state index contributed by atoms with van der Waals surface area (Å²) >= 11 is 0. The molecule has 0 radical (unpaired) electrons. The van der Waals surface area contributed by atoms with Crippen LogP contribution in [0.5, 0.6) is 0 Å². The van der Waals surface area contributed by atoms with Crippen molar-refractivity contribution in [3.8, 4) is 6.07 Å². The molecule has 0 saturated heterocycles. The van der Waals surface area contributed by atoms with E-state index in [2.05, 4.69) is 0 Å². The Bertz CT molecular complexity index is 461. The van der Waals surface area contributed by atoms with Crippen LogP contribution in [0.4, 0.5) is 0 Å². The van der Waals surface area contributed by atoms with Crippen LogP contribution in [0, 0.1) is 16.7 Å². The molecule has 4 nitrogen and oxygen atoms in total. The van der Waals surface area contributed by atoms with E-state index in [9.17, 15) is 4.79 Å². The number of hydrogen-bond acceptors (Lipinski definition) is 4. The average molecular weight is 232 g/mol. The topological polar surface area (TPSA) is 76.1 Å². The highest BCUT2D eigenvalue weighted by Gasteiger charge is 2.36. The monoisotopic (exact) mass is 232 g/mol. The molecule has 1 rings (SSSR count). The van der Waals surface area contributed by atoms with E-state index in [4.69, 9.17) is 15.7 Å². The minimum Gasteiger partial charge on any atom is -0.469 e. The summed E-state index contributed by atoms with van der Waals surface area (Å²) in [6, 6.07) is 8.47. The maximum absolute atomic E-state index is 11.6. The molecule has 0 unspecified atom stereocenters. The van der Waals surface area contributed by atoms with Gasteiger partial charge in [0.15, 0.2) is 0 Å². The van der Waals surface area contributed by atoms with Crippen molar-refractivity contribution in [2.24, 2.45) is 11.1 Å². The number of hydrogen-bond donors (Lipinski definition) is 1. The third kappa shape index (κ3) is 2.63. The molecule has 0 amide bonds. The summed E-state index contributed by atoms with van der Waals surface area (Å²) in [6.45, 7) is 3.45. The van der Waals surface area contributed by atoms with Crippen LogP contribution in [0.2, 0.25) is 0 Å². The van der Waals surface area contributed by atoms with Crippen LogP contribution in [0.1, 0.15) is 31.0 Å². The number of nitriles is 1. The SMILES string of the molecule is COC(=O)C(C)(C)[C@H](N)c1cccc(C#N)c1. The zero-order chi connectivity index (χ0) is 13.1. The summed E-state index contributed by atoms with van der Waals surface area (Å²) in [4.78, 5) is 11.6. The normalized spacial score (nSPS) is 12.6. The van der Waals surface area contributed by atoms with Crippen molar-refractivity contribution >= 4 is 5.97 Å². The van der Waals surface area contributed by atoms with E-state index in [0.717, 1.165) is 5.56 Å². The summed E-state index contributed by atoms with van der Waals surface area (Å²) in [5.41, 5.74) is 6.51. The standard InChI is InChI=1S/C13H16N2O2/c1-13(2,12(16)17-3)11(15)10-6-4-5-9(7-10)8-14/h4-7,11H,15H2,1-3H3/t11-/m1/s1. The number of carbonyl (C=O) groups is 1. The molecule has 0 aliphatic heterocycles. The van der Waals surface area contributed by atoms with Crippen molar-refractivity contribution in [1.29, 1.82) is 5.26 Å². The van der Waals surface area contributed by atoms with Gasteiger partial charge in [0, 0.05) is 6.04 Å². The third-order valence-electron chi connectivity index (χ3n) is 2.86. The number of carbonyl (C=O) groups excluding carboxylic acids is 1. The first-order valence-corrected chi connectivity index (χ1v) is 5.27. The molecule has 17 heavy (non-hydrogen) atoms. The second-order valence-corrected chi connectivity index (χ2v) is 4.43. The van der Waals surface area contributed by atoms with Crippen LogP contribution in [-0.4, -0.2) is 13.1 Å². The van der Waals surface area contributed by atoms with E-state index in [-0.39, 0.29) is 5.97 Å². The summed E-state index contributed by atoms with van der Waals surface area (Å²) in [5, 5.41) is 8.82. The highest BCUT2D eigenvalue weighted by Crippen LogP contribution is 2.32. The van der Waals surface area contributed by atoms with E-state index in [1.165, 1.54) is 7.11 Å². The quantitative estimate of drug-likeness (QED) is 0.805. The van der Waals surface area contributed by atoms with Crippen molar-refractivity contribution < 1.29 is 9.53 Å². The summed E-state index contributed by atoms with van der Waals surface area (Å²) in [7, 11) is 1.34. The lowest BCUT2D eigenvalue weighted by Gasteiger charge is -2.28. The zero-order valence-electron chi connectivity index (χ0n) is 10.2. The van der Waals surface area contributed by atoms with Crippen LogP contribution < -0.4 is 5.73 Å². The average Bonchev–Trinajstić information content (AvgIpc) is 2.36. The van der Waals surface area contributed by atoms with Gasteiger partial charge in [0.05, 0.1) is 24.2 Å². The molecule has 1 aromatic rings. The molecule has 2 N–H and O–H groups in total. The van der Waals surface area contributed by atoms with Gasteiger partial charge in [0.1, 0.15) is 0 Å². The third-order valence-corrected chi connectivity index (χ3v) is 2.86. The zero-order valence-corrected chi connectivity index (χ0v) is 10.2. The van der Waals surface area contributed by atoms with E-state index >= 15 is 0 Å². The Morgan fingerprint density at radius 3 is 2.71 bits per heavy atom. The Kier molecular flexibility index (Phi) is 3.87. The first-order valence-electron chi connectivity index (χ1n) is 5.27. The van der Waals surface area contributed by atoms with Gasteiger partial charge < -0.3 is 10.5 Å². The molecule has 90 valence electrons. The summed E-state index contributed by atoms with van der Waals surface area (Å²) < 4.78 is 4.73. The minimum atomic E-state index is -0.831. The summed E-state index contributed by atoms with van der Waals surface area (Å²) in [6.07, 6.45) is 0. The fourth-order valence-electron chi connectivity index (χ4n) is 1.61. The van der Waals surface area contributed by atoms with Crippen LogP contribution in [0.3, 0.4) is 0 Å². The second-order valence-electron chi connectivity index (χ2n) is 4.43. The number of nitrogens with two attached hydrogens (primary N) is 1. The van der Waals surface area contributed by atoms with Gasteiger partial charge in [-0.25, -0.2) is 0 Å². The van der Waals surface area contributed by atoms with Gasteiger partial charge >= 0.3 is 5.97 Å². The molecule has 0 fully saturated rings. The minimum absolute atomic E-state index is 0.368. The predicted octanol–water partition coefficient (Wildman–Crippen LogP) is 1.76. The number of methoxy groups -OCH3 is 1. The Balaban J connectivity index is 3.08. The number of benzene rings is 1. The Morgan fingerprint density at radius 1 is 1.53 bits per heavy atom. The first-order chi connectivity index (χ1) is 7.93. The Morgan fingerprint density at radius 2 is 2.18 bits per heavy atom. The molecular formula is C13H16N2O2. The molecule has 0 aliphatic rings. The first kappa shape index (κ1) is 13.2. The van der Waals surface area contributed by atoms with E-state index in [1.54, 1.807) is 38.1 Å². The van der Waals surface area contributed by atoms with Gasteiger partial charge in [-0.15, -0.1) is 0 Å². The molecule has 1 aromatic carbocycles. The lowest BCUT2D eigenvalue weighted by molar-refractivity contribution is -0.152. The van der Waals surface area contributed by atoms with Crippen LogP contribution in [0.25, 0.3) is 0 Å². The molecule has 0 spiro atoms. The Labute approximate surface area is 101 Å². The van der Waals surface area contributed by atoms with Gasteiger partial charge in [-0.05, 0) is 31.5 Å². The molecule has 0 bridgehead atoms. The molecule has 1 atom stereocenters. The van der Waals surface area contributed by atoms with Gasteiger partial charge in [-0.2, -0.15) is 5.26 Å². The van der Waals surface area contributed by atoms with E-state index in [0.29, 0.717) is 5.56 Å². The van der Waals surface area contributed by atoms with Gasteiger partial charge in [0.2, 0.25) is 0 Å². The van der Waals surface area contributed by atoms with Gasteiger partial charge in [-0.3, -0.25) is 4.79 Å². The van der Waals surface area contributed by atoms with Crippen LogP contribution >= 0.6 is 0 Å². The molecule has 0 heterocycles. The number of esters is 1. The van der Waals surface area contributed by atoms with Gasteiger partial charge in [-0.1, -0.05) is 12.1 Å². The van der Waals surface area contributed by atoms with Crippen molar-refractivity contribution in [2.45, 2.75) is 19.9 Å². The largest absolute Gasteiger partial charge is 0.469 e. The lowest BCUT2D eigenvalue weighted by Crippen LogP contribution is -2.37. The number of rotatable bonds is 3. The number of nitrogens with zero attached hydrogens (tertiary/aromatic N) is 1. The number of ether oxygens (including phenoxy) is 1. The Hall–Kier alpha value is -1.86. The highest BCUT2D eigenvalue weighted by molar-refractivity contribution is 5.77. The maximum atomic E-state index is 11.6. The molecule has 0 aliphatic carbocycles. The van der Waals surface area contributed by atoms with Crippen molar-refractivity contribution in [3.63, 3.8) is 0 Å². The fraction of sp³-hybridized carbons (Fsp3) is 0.385. The van der Waals surface area contributed by atoms with Crippen molar-refractivity contribution in [1.82, 2.24) is 0 Å². The predicted molar refractivity (Wildman–Crippen MR) is 63.9 cm³/mol. The van der Waals surface area contributed by atoms with Crippen LogP contribution in [0.15, 0.2) is 24.3 Å². The highest BCUT2D eigenvalue weighted by atomic mass is 16.5. The van der Waals surface area contributed by atoms with Crippen molar-refractivity contribution in [3.05, 3.63) is 35.4 Å². The van der Waals surface area contributed by atoms with E-state index < -0.39 is 11.5 Å². The lowest BCUT2D eigenvalue weighted by atomic mass is 9.81. The molecular weight excluding hydrogens is 216 g/mol. The fourth-order valence-corrected chi connectivity index (χ4v) is 1.61. The van der Waals surface area contributed by atoms with Crippen LogP contribution in [-0.2, 0) is 9.53 Å². The molecule has 0 aromatic heterocycles. The maximum Gasteiger partial charge on any atom is 0.313 e. The van der Waals surface area contributed by atoms with E-state index in [1.807, 2.05) is 6.07 Å².